The molecular formula is C30H22BrN3O5S. The number of anilines is 1. The Morgan fingerprint density at radius 3 is 2.23 bits per heavy atom. The predicted molar refractivity (Wildman–Crippen MR) is 159 cm³/mol. The van der Waals surface area contributed by atoms with Gasteiger partial charge in [-0.3, -0.25) is 24.5 Å². The first kappa shape index (κ1) is 28.5. The maximum absolute atomic E-state index is 13.3. The molecule has 10 heteroatoms. The number of thioether (sulfide) groups is 1. The van der Waals surface area contributed by atoms with Gasteiger partial charge in [0.25, 0.3) is 17.5 Å². The van der Waals surface area contributed by atoms with Crippen molar-refractivity contribution in [3.8, 4) is 0 Å². The molecule has 0 spiro atoms. The number of carbonyl (C=O) groups is 3. The first-order valence-corrected chi connectivity index (χ1v) is 13.7. The lowest BCUT2D eigenvalue weighted by molar-refractivity contribution is -0.384. The van der Waals surface area contributed by atoms with E-state index in [0.29, 0.717) is 22.4 Å². The van der Waals surface area contributed by atoms with Crippen LogP contribution in [0.3, 0.4) is 0 Å². The molecule has 4 aromatic carbocycles. The van der Waals surface area contributed by atoms with Gasteiger partial charge in [0.1, 0.15) is 5.70 Å². The Labute approximate surface area is 242 Å². The maximum Gasteiger partial charge on any atom is 0.272 e. The fraction of sp³-hybridized carbons (Fsp3) is 0.0333. The molecule has 0 heterocycles. The van der Waals surface area contributed by atoms with Gasteiger partial charge in [0.2, 0.25) is 0 Å². The van der Waals surface area contributed by atoms with Crippen molar-refractivity contribution in [2.45, 2.75) is 4.90 Å². The van der Waals surface area contributed by atoms with Gasteiger partial charge in [-0.05, 0) is 66.2 Å². The summed E-state index contributed by atoms with van der Waals surface area (Å²) in [5.41, 5.74) is 1.78. The number of carbonyl (C=O) groups excluding carboxylic acids is 3. The minimum atomic E-state index is -0.587. The third kappa shape index (κ3) is 7.98. The molecule has 0 radical (unpaired) electrons. The highest BCUT2D eigenvalue weighted by molar-refractivity contribution is 9.10. The molecule has 0 fully saturated rings. The van der Waals surface area contributed by atoms with Crippen LogP contribution >= 0.6 is 27.7 Å². The number of nitro groups is 1. The summed E-state index contributed by atoms with van der Waals surface area (Å²) in [6.45, 7) is 0. The summed E-state index contributed by atoms with van der Waals surface area (Å²) in [7, 11) is 0. The number of nitrogens with zero attached hydrogens (tertiary/aromatic N) is 1. The molecule has 0 aromatic heterocycles. The van der Waals surface area contributed by atoms with Crippen molar-refractivity contribution in [3.05, 3.63) is 140 Å². The Morgan fingerprint density at radius 2 is 1.55 bits per heavy atom. The number of Topliss-reactive ketones (excluding diaryl/α,β-unsaturated/α-hetero) is 1. The van der Waals surface area contributed by atoms with Crippen LogP contribution in [0.25, 0.3) is 6.08 Å². The van der Waals surface area contributed by atoms with Crippen LogP contribution in [0, 0.1) is 10.1 Å². The maximum atomic E-state index is 13.3. The zero-order chi connectivity index (χ0) is 28.5. The molecule has 4 aromatic rings. The fourth-order valence-corrected chi connectivity index (χ4v) is 4.65. The van der Waals surface area contributed by atoms with Gasteiger partial charge < -0.3 is 10.6 Å². The molecule has 0 atom stereocenters. The Morgan fingerprint density at radius 1 is 0.850 bits per heavy atom. The van der Waals surface area contributed by atoms with Crippen molar-refractivity contribution < 1.29 is 19.3 Å². The van der Waals surface area contributed by atoms with E-state index in [0.717, 1.165) is 9.37 Å². The number of halogens is 1. The third-order valence-electron chi connectivity index (χ3n) is 5.57. The van der Waals surface area contributed by atoms with Crippen molar-refractivity contribution in [2.75, 3.05) is 11.1 Å². The number of amides is 2. The molecular weight excluding hydrogens is 594 g/mol. The third-order valence-corrected chi connectivity index (χ3v) is 7.09. The van der Waals surface area contributed by atoms with Crippen LogP contribution in [-0.4, -0.2) is 28.3 Å². The molecule has 40 heavy (non-hydrogen) atoms. The largest absolute Gasteiger partial charge is 0.321 e. The second-order valence-corrected chi connectivity index (χ2v) is 10.4. The molecule has 0 unspecified atom stereocenters. The van der Waals surface area contributed by atoms with E-state index >= 15 is 0 Å². The molecule has 0 aliphatic rings. The van der Waals surface area contributed by atoms with E-state index in [-0.39, 0.29) is 22.9 Å². The van der Waals surface area contributed by atoms with E-state index in [9.17, 15) is 24.5 Å². The molecule has 0 bridgehead atoms. The summed E-state index contributed by atoms with van der Waals surface area (Å²) in [5.74, 6) is -0.878. The molecule has 0 aliphatic heterocycles. The standard InChI is InChI=1S/C30H22BrN3O5S/c31-23-13-11-21(12-14-23)28(35)19-40-26-8-4-7-24(18-26)32-30(37)27(33-29(36)22-5-2-1-3-6-22)17-20-9-15-25(16-10-20)34(38)39/h1-18H,19H2,(H,32,37)(H,33,36)/b27-17-. The monoisotopic (exact) mass is 615 g/mol. The zero-order valence-electron chi connectivity index (χ0n) is 20.9. The van der Waals surface area contributed by atoms with Gasteiger partial charge in [0.15, 0.2) is 5.78 Å². The summed E-state index contributed by atoms with van der Waals surface area (Å²) >= 11 is 4.70. The van der Waals surface area contributed by atoms with Crippen molar-refractivity contribution in [1.29, 1.82) is 0 Å². The lowest BCUT2D eigenvalue weighted by atomic mass is 10.1. The average molecular weight is 616 g/mol. The van der Waals surface area contributed by atoms with E-state index in [4.69, 9.17) is 0 Å². The minimum Gasteiger partial charge on any atom is -0.321 e. The Balaban J connectivity index is 1.50. The van der Waals surface area contributed by atoms with Crippen LogP contribution in [0.15, 0.2) is 118 Å². The lowest BCUT2D eigenvalue weighted by Crippen LogP contribution is -2.30. The van der Waals surface area contributed by atoms with E-state index in [1.807, 2.05) is 18.2 Å². The summed E-state index contributed by atoms with van der Waals surface area (Å²) in [4.78, 5) is 49.9. The number of non-ortho nitro benzene ring substituents is 1. The second kappa shape index (κ2) is 13.5. The van der Waals surface area contributed by atoms with Crippen LogP contribution in [0.1, 0.15) is 26.3 Å². The minimum absolute atomic E-state index is 0.0242. The molecule has 4 rings (SSSR count). The Bertz CT molecular complexity index is 1570. The molecule has 0 saturated heterocycles. The number of hydrogen-bond acceptors (Lipinski definition) is 6. The number of nitro benzene ring substituents is 1. The highest BCUT2D eigenvalue weighted by Gasteiger charge is 2.16. The summed E-state index contributed by atoms with van der Waals surface area (Å²) in [5, 5.41) is 16.4. The first-order chi connectivity index (χ1) is 19.3. The highest BCUT2D eigenvalue weighted by atomic mass is 79.9. The topological polar surface area (TPSA) is 118 Å². The van der Waals surface area contributed by atoms with Crippen molar-refractivity contribution in [2.24, 2.45) is 0 Å². The van der Waals surface area contributed by atoms with Gasteiger partial charge in [-0.15, -0.1) is 11.8 Å². The smallest absolute Gasteiger partial charge is 0.272 e. The van der Waals surface area contributed by atoms with Crippen molar-refractivity contribution in [1.82, 2.24) is 5.32 Å². The van der Waals surface area contributed by atoms with Gasteiger partial charge in [-0.1, -0.05) is 52.3 Å². The zero-order valence-corrected chi connectivity index (χ0v) is 23.3. The average Bonchev–Trinajstić information content (AvgIpc) is 2.97. The summed E-state index contributed by atoms with van der Waals surface area (Å²) in [6.07, 6.45) is 1.44. The van der Waals surface area contributed by atoms with Crippen LogP contribution < -0.4 is 10.6 Å². The van der Waals surface area contributed by atoms with Crippen LogP contribution in [0.5, 0.6) is 0 Å². The van der Waals surface area contributed by atoms with E-state index < -0.39 is 16.7 Å². The molecule has 0 aliphatic carbocycles. The Kier molecular flexibility index (Phi) is 9.61. The van der Waals surface area contributed by atoms with Gasteiger partial charge in [-0.2, -0.15) is 0 Å². The van der Waals surface area contributed by atoms with Crippen LogP contribution in [-0.2, 0) is 4.79 Å². The van der Waals surface area contributed by atoms with Crippen LogP contribution in [0.2, 0.25) is 0 Å². The van der Waals surface area contributed by atoms with Crippen molar-refractivity contribution in [3.63, 3.8) is 0 Å². The van der Waals surface area contributed by atoms with Gasteiger partial charge in [0.05, 0.1) is 10.7 Å². The molecule has 2 N–H and O–H groups in total. The van der Waals surface area contributed by atoms with Crippen molar-refractivity contribution >= 4 is 62.7 Å². The SMILES string of the molecule is O=C(Nc1cccc(SCC(=O)c2ccc(Br)cc2)c1)/C(=C/c1ccc([N+](=O)[O-])cc1)NC(=O)c1ccccc1. The molecule has 8 nitrogen and oxygen atoms in total. The van der Waals surface area contributed by atoms with E-state index in [1.54, 1.807) is 60.7 Å². The summed E-state index contributed by atoms with van der Waals surface area (Å²) in [6, 6.07) is 28.2. The van der Waals surface area contributed by atoms with Crippen LogP contribution in [0.4, 0.5) is 11.4 Å². The number of rotatable bonds is 10. The highest BCUT2D eigenvalue weighted by Crippen LogP contribution is 2.24. The summed E-state index contributed by atoms with van der Waals surface area (Å²) < 4.78 is 0.891. The predicted octanol–water partition coefficient (Wildman–Crippen LogP) is 6.74. The normalized spacial score (nSPS) is 11.0. The molecule has 200 valence electrons. The van der Waals surface area contributed by atoms with E-state index in [2.05, 4.69) is 26.6 Å². The fourth-order valence-electron chi connectivity index (χ4n) is 3.53. The second-order valence-electron chi connectivity index (χ2n) is 8.43. The Hall–Kier alpha value is -4.54. The van der Waals surface area contributed by atoms with E-state index in [1.165, 1.54) is 42.1 Å². The first-order valence-electron chi connectivity index (χ1n) is 11.9. The number of nitrogens with one attached hydrogen (secondary N) is 2. The molecule has 2 amide bonds. The van der Waals surface area contributed by atoms with Gasteiger partial charge in [-0.25, -0.2) is 0 Å². The van der Waals surface area contributed by atoms with Gasteiger partial charge >= 0.3 is 0 Å². The number of hydrogen-bond donors (Lipinski definition) is 2. The molecule has 0 saturated carbocycles. The lowest BCUT2D eigenvalue weighted by Gasteiger charge is -2.12. The quantitative estimate of drug-likeness (QED) is 0.0670. The number of ketones is 1. The number of benzene rings is 4. The van der Waals surface area contributed by atoms with Gasteiger partial charge in [0, 0.05) is 38.3 Å².